The molecule has 0 aliphatic carbocycles. The Hall–Kier alpha value is -2.72. The van der Waals surface area contributed by atoms with Gasteiger partial charge in [-0.15, -0.1) is 0 Å². The number of rotatable bonds is 2. The number of ether oxygens (including phenoxy) is 1. The molecular weight excluding hydrogens is 340 g/mol. The third-order valence-electron chi connectivity index (χ3n) is 4.41. The van der Waals surface area contributed by atoms with Gasteiger partial charge in [0.2, 0.25) is 0 Å². The topological polar surface area (TPSA) is 52.6 Å². The van der Waals surface area contributed by atoms with E-state index in [-0.39, 0.29) is 0 Å². The van der Waals surface area contributed by atoms with E-state index < -0.39 is 5.63 Å². The summed E-state index contributed by atoms with van der Waals surface area (Å²) >= 11 is 6.28. The highest BCUT2D eigenvalue weighted by Gasteiger charge is 2.18. The summed E-state index contributed by atoms with van der Waals surface area (Å²) in [7, 11) is 1.61. The van der Waals surface area contributed by atoms with Crippen LogP contribution in [0.15, 0.2) is 50.0 Å². The number of furan rings is 1. The second-order valence-electron chi connectivity index (χ2n) is 5.99. The van der Waals surface area contributed by atoms with Crippen LogP contribution in [-0.4, -0.2) is 7.11 Å². The second kappa shape index (κ2) is 5.67. The zero-order valence-electron chi connectivity index (χ0n) is 14.0. The molecule has 0 amide bonds. The van der Waals surface area contributed by atoms with Gasteiger partial charge in [-0.2, -0.15) is 0 Å². The summed E-state index contributed by atoms with van der Waals surface area (Å²) in [4.78, 5) is 12.0. The molecule has 0 saturated carbocycles. The fourth-order valence-electron chi connectivity index (χ4n) is 3.06. The number of hydrogen-bond acceptors (Lipinski definition) is 4. The van der Waals surface area contributed by atoms with E-state index in [0.717, 1.165) is 21.9 Å². The van der Waals surface area contributed by atoms with Crippen LogP contribution in [0, 0.1) is 13.8 Å². The molecule has 4 aromatic rings. The summed E-state index contributed by atoms with van der Waals surface area (Å²) in [5.74, 6) is 1.34. The van der Waals surface area contributed by atoms with Crippen molar-refractivity contribution in [2.24, 2.45) is 0 Å². The van der Waals surface area contributed by atoms with Gasteiger partial charge in [0.05, 0.1) is 7.11 Å². The second-order valence-corrected chi connectivity index (χ2v) is 6.40. The Morgan fingerprint density at radius 2 is 1.72 bits per heavy atom. The first-order chi connectivity index (χ1) is 12.0. The Morgan fingerprint density at radius 1 is 0.960 bits per heavy atom. The standard InChI is InChI=1S/C20H15ClO4/c1-10-6-17-14(8-16(10)21)15(9-19(22)24-17)20-11(2)13-5-4-12(23-3)7-18(13)25-20/h4-9H,1-3H3. The van der Waals surface area contributed by atoms with Gasteiger partial charge in [0.15, 0.2) is 0 Å². The lowest BCUT2D eigenvalue weighted by molar-refractivity contribution is 0.414. The molecule has 0 unspecified atom stereocenters. The first kappa shape index (κ1) is 15.8. The largest absolute Gasteiger partial charge is 0.497 e. The lowest BCUT2D eigenvalue weighted by atomic mass is 10.0. The highest BCUT2D eigenvalue weighted by atomic mass is 35.5. The molecule has 0 spiro atoms. The summed E-state index contributed by atoms with van der Waals surface area (Å²) in [6.07, 6.45) is 0. The molecule has 2 heterocycles. The molecular formula is C20H15ClO4. The Morgan fingerprint density at radius 3 is 2.48 bits per heavy atom. The van der Waals surface area contributed by atoms with Crippen LogP contribution in [-0.2, 0) is 0 Å². The molecule has 126 valence electrons. The van der Waals surface area contributed by atoms with Crippen molar-refractivity contribution in [2.45, 2.75) is 13.8 Å². The normalized spacial score (nSPS) is 11.4. The average molecular weight is 355 g/mol. The predicted molar refractivity (Wildman–Crippen MR) is 98.7 cm³/mol. The lowest BCUT2D eigenvalue weighted by Crippen LogP contribution is -1.98. The average Bonchev–Trinajstić information content (AvgIpc) is 2.92. The van der Waals surface area contributed by atoms with E-state index in [1.165, 1.54) is 6.07 Å². The van der Waals surface area contributed by atoms with E-state index >= 15 is 0 Å². The van der Waals surface area contributed by atoms with Gasteiger partial charge in [0.25, 0.3) is 0 Å². The highest BCUT2D eigenvalue weighted by molar-refractivity contribution is 6.32. The molecule has 0 radical (unpaired) electrons. The zero-order chi connectivity index (χ0) is 17.7. The fourth-order valence-corrected chi connectivity index (χ4v) is 3.22. The van der Waals surface area contributed by atoms with Gasteiger partial charge < -0.3 is 13.6 Å². The van der Waals surface area contributed by atoms with Gasteiger partial charge in [-0.05, 0) is 43.7 Å². The predicted octanol–water partition coefficient (Wildman–Crippen LogP) is 5.49. The van der Waals surface area contributed by atoms with E-state index in [4.69, 9.17) is 25.2 Å². The van der Waals surface area contributed by atoms with E-state index in [1.54, 1.807) is 19.2 Å². The van der Waals surface area contributed by atoms with Crippen LogP contribution in [0.5, 0.6) is 5.75 Å². The van der Waals surface area contributed by atoms with Crippen molar-refractivity contribution < 1.29 is 13.6 Å². The van der Waals surface area contributed by atoms with Crippen LogP contribution in [0.2, 0.25) is 5.02 Å². The van der Waals surface area contributed by atoms with E-state index in [2.05, 4.69) is 0 Å². The van der Waals surface area contributed by atoms with Crippen molar-refractivity contribution in [3.05, 3.63) is 63.0 Å². The summed E-state index contributed by atoms with van der Waals surface area (Å²) in [6, 6.07) is 10.7. The van der Waals surface area contributed by atoms with Crippen molar-refractivity contribution in [1.29, 1.82) is 0 Å². The molecule has 0 saturated heterocycles. The minimum absolute atomic E-state index is 0.429. The smallest absolute Gasteiger partial charge is 0.336 e. The third kappa shape index (κ3) is 2.50. The molecule has 0 bridgehead atoms. The van der Waals surface area contributed by atoms with E-state index in [1.807, 2.05) is 32.0 Å². The maximum absolute atomic E-state index is 12.0. The van der Waals surface area contributed by atoms with Gasteiger partial charge in [0, 0.05) is 39.1 Å². The number of hydrogen-bond donors (Lipinski definition) is 0. The molecule has 0 fully saturated rings. The Balaban J connectivity index is 2.07. The Labute approximate surface area is 148 Å². The summed E-state index contributed by atoms with van der Waals surface area (Å²) in [6.45, 7) is 3.83. The minimum atomic E-state index is -0.429. The molecule has 2 aromatic heterocycles. The van der Waals surface area contributed by atoms with Crippen LogP contribution in [0.25, 0.3) is 33.3 Å². The Bertz CT molecular complexity index is 1180. The lowest BCUT2D eigenvalue weighted by Gasteiger charge is -2.06. The van der Waals surface area contributed by atoms with Crippen molar-refractivity contribution in [3.63, 3.8) is 0 Å². The van der Waals surface area contributed by atoms with E-state index in [9.17, 15) is 4.79 Å². The first-order valence-corrected chi connectivity index (χ1v) is 8.17. The molecule has 0 aliphatic heterocycles. The van der Waals surface area contributed by atoms with Crippen molar-refractivity contribution >= 4 is 33.5 Å². The van der Waals surface area contributed by atoms with Gasteiger partial charge in [0.1, 0.15) is 22.7 Å². The third-order valence-corrected chi connectivity index (χ3v) is 4.82. The SMILES string of the molecule is COc1ccc2c(C)c(-c3cc(=O)oc4cc(C)c(Cl)cc34)oc2c1. The van der Waals surface area contributed by atoms with Gasteiger partial charge in [-0.25, -0.2) is 4.79 Å². The molecule has 0 N–H and O–H groups in total. The molecule has 4 rings (SSSR count). The number of halogens is 1. The van der Waals surface area contributed by atoms with Crippen molar-refractivity contribution in [3.8, 4) is 17.1 Å². The molecule has 5 heteroatoms. The highest BCUT2D eigenvalue weighted by Crippen LogP contribution is 2.38. The number of benzene rings is 2. The molecule has 25 heavy (non-hydrogen) atoms. The van der Waals surface area contributed by atoms with Crippen LogP contribution in [0.4, 0.5) is 0 Å². The maximum Gasteiger partial charge on any atom is 0.336 e. The molecule has 0 atom stereocenters. The van der Waals surface area contributed by atoms with Crippen LogP contribution < -0.4 is 10.4 Å². The monoisotopic (exact) mass is 354 g/mol. The van der Waals surface area contributed by atoms with Crippen LogP contribution in [0.1, 0.15) is 11.1 Å². The fraction of sp³-hybridized carbons (Fsp3) is 0.150. The van der Waals surface area contributed by atoms with Gasteiger partial charge >= 0.3 is 5.63 Å². The summed E-state index contributed by atoms with van der Waals surface area (Å²) < 4.78 is 16.6. The maximum atomic E-state index is 12.0. The number of aryl methyl sites for hydroxylation is 2. The summed E-state index contributed by atoms with van der Waals surface area (Å²) in [5.41, 5.74) is 3.22. The van der Waals surface area contributed by atoms with Gasteiger partial charge in [-0.3, -0.25) is 0 Å². The molecule has 4 nitrogen and oxygen atoms in total. The van der Waals surface area contributed by atoms with Crippen LogP contribution >= 0.6 is 11.6 Å². The van der Waals surface area contributed by atoms with E-state index in [0.29, 0.717) is 33.3 Å². The molecule has 0 aliphatic rings. The number of methoxy groups -OCH3 is 1. The van der Waals surface area contributed by atoms with Crippen molar-refractivity contribution in [2.75, 3.05) is 7.11 Å². The molecule has 2 aromatic carbocycles. The Kier molecular flexibility index (Phi) is 3.58. The number of fused-ring (bicyclic) bond motifs is 2. The minimum Gasteiger partial charge on any atom is -0.497 e. The van der Waals surface area contributed by atoms with Crippen molar-refractivity contribution in [1.82, 2.24) is 0 Å². The summed E-state index contributed by atoms with van der Waals surface area (Å²) in [5, 5.41) is 2.32. The zero-order valence-corrected chi connectivity index (χ0v) is 14.7. The van der Waals surface area contributed by atoms with Crippen LogP contribution in [0.3, 0.4) is 0 Å². The quantitative estimate of drug-likeness (QED) is 0.447. The van der Waals surface area contributed by atoms with Gasteiger partial charge in [-0.1, -0.05) is 11.6 Å². The first-order valence-electron chi connectivity index (χ1n) is 7.79.